The zero-order chi connectivity index (χ0) is 15.9. The number of aliphatic hydroxyl groups is 1. The maximum atomic E-state index is 12.9. The van der Waals surface area contributed by atoms with Gasteiger partial charge < -0.3 is 10.0 Å². The summed E-state index contributed by atoms with van der Waals surface area (Å²) in [4.78, 5) is 26.7. The number of carbonyl (C=O) groups is 2. The summed E-state index contributed by atoms with van der Waals surface area (Å²) in [6.07, 6.45) is 4.30. The van der Waals surface area contributed by atoms with Crippen molar-refractivity contribution < 1.29 is 14.7 Å². The number of hydrogen-bond acceptors (Lipinski definition) is 3. The molecular weight excluding hydrogens is 346 g/mol. The molecule has 0 radical (unpaired) electrons. The van der Waals surface area contributed by atoms with Crippen LogP contribution in [0.15, 0.2) is 35.3 Å². The summed E-state index contributed by atoms with van der Waals surface area (Å²) in [6.45, 7) is 3.99. The van der Waals surface area contributed by atoms with Crippen molar-refractivity contribution in [3.63, 3.8) is 0 Å². The van der Waals surface area contributed by atoms with Gasteiger partial charge >= 0.3 is 0 Å². The first-order valence-electron chi connectivity index (χ1n) is 7.48. The highest BCUT2D eigenvalue weighted by Gasteiger charge is 2.56. The minimum atomic E-state index is -1.75. The molecule has 22 heavy (non-hydrogen) atoms. The van der Waals surface area contributed by atoms with Crippen LogP contribution in [0.25, 0.3) is 0 Å². The third-order valence-corrected chi connectivity index (χ3v) is 5.10. The van der Waals surface area contributed by atoms with Crippen molar-refractivity contribution in [1.29, 1.82) is 0 Å². The van der Waals surface area contributed by atoms with Gasteiger partial charge in [-0.25, -0.2) is 0 Å². The molecule has 1 fully saturated rings. The number of fused-ring (bicyclic) bond motifs is 1. The van der Waals surface area contributed by atoms with Crippen LogP contribution in [0.4, 0.5) is 5.69 Å². The van der Waals surface area contributed by atoms with Gasteiger partial charge in [-0.15, -0.1) is 6.58 Å². The number of nitrogens with zero attached hydrogens (tertiary/aromatic N) is 1. The third kappa shape index (κ3) is 2.15. The minimum Gasteiger partial charge on any atom is -0.375 e. The molecule has 1 aliphatic carbocycles. The molecule has 1 aromatic carbocycles. The molecule has 1 aromatic rings. The van der Waals surface area contributed by atoms with Gasteiger partial charge in [-0.05, 0) is 31.0 Å². The Morgan fingerprint density at radius 1 is 1.41 bits per heavy atom. The topological polar surface area (TPSA) is 57.6 Å². The number of ketones is 1. The predicted molar refractivity (Wildman–Crippen MR) is 87.6 cm³/mol. The van der Waals surface area contributed by atoms with Gasteiger partial charge in [0, 0.05) is 23.0 Å². The first-order valence-corrected chi connectivity index (χ1v) is 8.27. The highest BCUT2D eigenvalue weighted by atomic mass is 79.9. The highest BCUT2D eigenvalue weighted by molar-refractivity contribution is 9.10. The molecule has 1 aliphatic heterocycles. The van der Waals surface area contributed by atoms with Crippen LogP contribution >= 0.6 is 15.9 Å². The van der Waals surface area contributed by atoms with Crippen LogP contribution in [0, 0.1) is 5.92 Å². The molecule has 0 bridgehead atoms. The molecule has 2 atom stereocenters. The molecule has 0 spiro atoms. The van der Waals surface area contributed by atoms with E-state index in [9.17, 15) is 14.7 Å². The zero-order valence-electron chi connectivity index (χ0n) is 12.2. The first-order chi connectivity index (χ1) is 10.5. The molecule has 4 nitrogen and oxygen atoms in total. The molecule has 2 aliphatic rings. The largest absolute Gasteiger partial charge is 0.375 e. The van der Waals surface area contributed by atoms with E-state index in [4.69, 9.17) is 0 Å². The number of Topliss-reactive ketones (excluding diaryl/α,β-unsaturated/α-hetero) is 1. The monoisotopic (exact) mass is 363 g/mol. The normalized spacial score (nSPS) is 27.9. The lowest BCUT2D eigenvalue weighted by Gasteiger charge is -2.33. The van der Waals surface area contributed by atoms with Gasteiger partial charge in [0.2, 0.25) is 0 Å². The summed E-state index contributed by atoms with van der Waals surface area (Å²) < 4.78 is 0.779. The molecule has 1 saturated carbocycles. The number of carbonyl (C=O) groups excluding carboxylic acids is 2. The molecule has 0 aromatic heterocycles. The smallest absolute Gasteiger partial charge is 0.264 e. The fourth-order valence-corrected chi connectivity index (χ4v) is 3.91. The third-order valence-electron chi connectivity index (χ3n) is 4.60. The van der Waals surface area contributed by atoms with E-state index in [2.05, 4.69) is 22.5 Å². The molecule has 3 rings (SSSR count). The second-order valence-corrected chi connectivity index (χ2v) is 6.81. The van der Waals surface area contributed by atoms with Crippen molar-refractivity contribution in [3.8, 4) is 0 Å². The van der Waals surface area contributed by atoms with Gasteiger partial charge in [-0.2, -0.15) is 0 Å². The molecule has 0 unspecified atom stereocenters. The maximum absolute atomic E-state index is 12.9. The van der Waals surface area contributed by atoms with Crippen LogP contribution in [0.5, 0.6) is 0 Å². The highest BCUT2D eigenvalue weighted by Crippen LogP contribution is 2.48. The van der Waals surface area contributed by atoms with E-state index in [-0.39, 0.29) is 5.78 Å². The van der Waals surface area contributed by atoms with Gasteiger partial charge in [-0.3, -0.25) is 9.59 Å². The van der Waals surface area contributed by atoms with Gasteiger partial charge in [0.1, 0.15) is 5.78 Å². The SMILES string of the molecule is C=CCN1C(=O)[C@@](O)([C@@H]2CCCCC2=O)c2cc(Br)ccc21. The van der Waals surface area contributed by atoms with Crippen LogP contribution < -0.4 is 4.90 Å². The molecule has 0 saturated heterocycles. The van der Waals surface area contributed by atoms with E-state index in [0.717, 1.165) is 17.3 Å². The van der Waals surface area contributed by atoms with Crippen LogP contribution in [0.2, 0.25) is 0 Å². The molecule has 5 heteroatoms. The minimum absolute atomic E-state index is 0.0199. The lowest BCUT2D eigenvalue weighted by atomic mass is 9.73. The fourth-order valence-electron chi connectivity index (χ4n) is 3.55. The summed E-state index contributed by atoms with van der Waals surface area (Å²) in [6, 6.07) is 5.38. The average molecular weight is 364 g/mol. The maximum Gasteiger partial charge on any atom is 0.264 e. The molecule has 1 N–H and O–H groups in total. The van der Waals surface area contributed by atoms with Crippen molar-refractivity contribution in [2.45, 2.75) is 31.3 Å². The van der Waals surface area contributed by atoms with Crippen LogP contribution in [0.3, 0.4) is 0 Å². The van der Waals surface area contributed by atoms with Gasteiger partial charge in [0.25, 0.3) is 5.91 Å². The molecule has 1 heterocycles. The van der Waals surface area contributed by atoms with E-state index < -0.39 is 17.4 Å². The Bertz CT molecular complexity index is 657. The summed E-state index contributed by atoms with van der Waals surface area (Å²) in [5, 5.41) is 11.3. The van der Waals surface area contributed by atoms with Crippen molar-refractivity contribution in [1.82, 2.24) is 0 Å². The van der Waals surface area contributed by atoms with Gasteiger partial charge in [0.05, 0.1) is 11.6 Å². The van der Waals surface area contributed by atoms with E-state index >= 15 is 0 Å². The van der Waals surface area contributed by atoms with Crippen molar-refractivity contribution in [2.24, 2.45) is 5.92 Å². The molecule has 1 amide bonds. The first kappa shape index (κ1) is 15.4. The van der Waals surface area contributed by atoms with Gasteiger partial charge in [-0.1, -0.05) is 28.4 Å². The van der Waals surface area contributed by atoms with Crippen LogP contribution in [0.1, 0.15) is 31.2 Å². The number of rotatable bonds is 3. The van der Waals surface area contributed by atoms with Crippen molar-refractivity contribution >= 4 is 33.3 Å². The molecular formula is C17H18BrNO3. The number of anilines is 1. The number of amides is 1. The summed E-state index contributed by atoms with van der Waals surface area (Å²) in [7, 11) is 0. The Labute approximate surface area is 137 Å². The Morgan fingerprint density at radius 2 is 2.18 bits per heavy atom. The van der Waals surface area contributed by atoms with E-state index in [0.29, 0.717) is 30.6 Å². The summed E-state index contributed by atoms with van der Waals surface area (Å²) in [5.74, 6) is -1.09. The number of halogens is 1. The van der Waals surface area contributed by atoms with Crippen LogP contribution in [-0.2, 0) is 15.2 Å². The van der Waals surface area contributed by atoms with E-state index in [1.54, 1.807) is 18.2 Å². The number of benzene rings is 1. The Balaban J connectivity index is 2.14. The Hall–Kier alpha value is -1.46. The van der Waals surface area contributed by atoms with Gasteiger partial charge in [0.15, 0.2) is 5.60 Å². The average Bonchev–Trinajstić information content (AvgIpc) is 2.71. The second-order valence-electron chi connectivity index (χ2n) is 5.90. The Morgan fingerprint density at radius 3 is 2.86 bits per heavy atom. The van der Waals surface area contributed by atoms with Crippen LogP contribution in [-0.4, -0.2) is 23.3 Å². The fraction of sp³-hybridized carbons (Fsp3) is 0.412. The van der Waals surface area contributed by atoms with Crippen molar-refractivity contribution in [2.75, 3.05) is 11.4 Å². The molecule has 116 valence electrons. The summed E-state index contributed by atoms with van der Waals surface area (Å²) >= 11 is 3.39. The summed E-state index contributed by atoms with van der Waals surface area (Å²) in [5.41, 5.74) is -0.567. The van der Waals surface area contributed by atoms with Crippen molar-refractivity contribution in [3.05, 3.63) is 40.9 Å². The standard InChI is InChI=1S/C17H18BrNO3/c1-2-9-19-14-8-7-11(18)10-13(14)17(22,16(19)21)12-5-3-4-6-15(12)20/h2,7-8,10,12,22H,1,3-6,9H2/t12-,17-/m1/s1. The number of hydrogen-bond donors (Lipinski definition) is 1. The van der Waals surface area contributed by atoms with E-state index in [1.807, 2.05) is 6.07 Å². The predicted octanol–water partition coefficient (Wildman–Crippen LogP) is 2.93. The Kier molecular flexibility index (Phi) is 3.95. The van der Waals surface area contributed by atoms with E-state index in [1.165, 1.54) is 4.90 Å². The zero-order valence-corrected chi connectivity index (χ0v) is 13.8. The lowest BCUT2D eigenvalue weighted by Crippen LogP contribution is -2.49. The quantitative estimate of drug-likeness (QED) is 0.839. The lowest BCUT2D eigenvalue weighted by molar-refractivity contribution is -0.152. The second kappa shape index (κ2) is 5.63.